The molecule has 7 nitrogen and oxygen atoms in total. The van der Waals surface area contributed by atoms with Gasteiger partial charge < -0.3 is 19.7 Å². The van der Waals surface area contributed by atoms with Crippen molar-refractivity contribution >= 4 is 11.9 Å². The van der Waals surface area contributed by atoms with Crippen LogP contribution < -0.4 is 19.7 Å². The van der Waals surface area contributed by atoms with E-state index in [-0.39, 0.29) is 17.9 Å². The molecule has 2 aliphatic heterocycles. The highest BCUT2D eigenvalue weighted by atomic mass is 19.1. The third kappa shape index (κ3) is 3.89. The molecule has 3 heterocycles. The highest BCUT2D eigenvalue weighted by Crippen LogP contribution is 2.35. The first kappa shape index (κ1) is 17.8. The first-order chi connectivity index (χ1) is 13.2. The Labute approximate surface area is 157 Å². The first-order valence-corrected chi connectivity index (χ1v) is 9.47. The van der Waals surface area contributed by atoms with E-state index in [1.54, 1.807) is 13.2 Å². The van der Waals surface area contributed by atoms with Crippen LogP contribution in [0.25, 0.3) is 0 Å². The van der Waals surface area contributed by atoms with Crippen molar-refractivity contribution in [2.75, 3.05) is 37.0 Å². The largest absolute Gasteiger partial charge is 0.490 e. The van der Waals surface area contributed by atoms with Crippen LogP contribution in [0.5, 0.6) is 11.8 Å². The van der Waals surface area contributed by atoms with Gasteiger partial charge in [-0.1, -0.05) is 25.0 Å². The fourth-order valence-corrected chi connectivity index (χ4v) is 3.61. The van der Waals surface area contributed by atoms with Crippen molar-refractivity contribution in [3.05, 3.63) is 29.6 Å². The fourth-order valence-electron chi connectivity index (χ4n) is 3.61. The van der Waals surface area contributed by atoms with Crippen LogP contribution in [-0.4, -0.2) is 41.8 Å². The molecule has 8 heteroatoms. The Bertz CT molecular complexity index is 796. The number of benzene rings is 1. The van der Waals surface area contributed by atoms with Crippen LogP contribution in [0.4, 0.5) is 16.3 Å². The highest BCUT2D eigenvalue weighted by Gasteiger charge is 2.25. The molecule has 1 atom stereocenters. The van der Waals surface area contributed by atoms with Crippen molar-refractivity contribution < 1.29 is 13.9 Å². The third-order valence-electron chi connectivity index (χ3n) is 5.00. The number of hydrogen-bond donors (Lipinski definition) is 1. The Balaban J connectivity index is 1.61. The maximum Gasteiger partial charge on any atom is 0.322 e. The van der Waals surface area contributed by atoms with Gasteiger partial charge in [-0.15, -0.1) is 0 Å². The Morgan fingerprint density at radius 2 is 1.96 bits per heavy atom. The predicted octanol–water partition coefficient (Wildman–Crippen LogP) is 3.34. The summed E-state index contributed by atoms with van der Waals surface area (Å²) >= 11 is 0. The minimum Gasteiger partial charge on any atom is -0.490 e. The van der Waals surface area contributed by atoms with Crippen molar-refractivity contribution in [3.63, 3.8) is 0 Å². The topological polar surface area (TPSA) is 72.4 Å². The van der Waals surface area contributed by atoms with Gasteiger partial charge in [-0.25, -0.2) is 4.39 Å². The Morgan fingerprint density at radius 1 is 1.15 bits per heavy atom. The molecule has 1 aromatic heterocycles. The van der Waals surface area contributed by atoms with Gasteiger partial charge in [0.05, 0.1) is 19.8 Å². The van der Waals surface area contributed by atoms with Gasteiger partial charge in [0.2, 0.25) is 11.9 Å². The molecule has 0 radical (unpaired) electrons. The Kier molecular flexibility index (Phi) is 5.22. The lowest BCUT2D eigenvalue weighted by Crippen LogP contribution is -2.27. The Morgan fingerprint density at radius 3 is 2.74 bits per heavy atom. The summed E-state index contributed by atoms with van der Waals surface area (Å²) in [6.45, 7) is 2.29. The minimum absolute atomic E-state index is 0.131. The summed E-state index contributed by atoms with van der Waals surface area (Å²) in [6.07, 6.45) is 5.42. The summed E-state index contributed by atoms with van der Waals surface area (Å²) in [5, 5.41) is 3.32. The van der Waals surface area contributed by atoms with E-state index in [4.69, 9.17) is 9.47 Å². The molecule has 0 spiro atoms. The lowest BCUT2D eigenvalue weighted by molar-refractivity contribution is 0.260. The molecule has 2 aliphatic rings. The Hall–Kier alpha value is -2.64. The van der Waals surface area contributed by atoms with E-state index in [2.05, 4.69) is 25.2 Å². The summed E-state index contributed by atoms with van der Waals surface area (Å²) in [5.74, 6) is 1.01. The number of anilines is 2. The van der Waals surface area contributed by atoms with Crippen LogP contribution in [0.2, 0.25) is 0 Å². The maximum absolute atomic E-state index is 14.0. The molecule has 0 bridgehead atoms. The van der Waals surface area contributed by atoms with E-state index in [0.717, 1.165) is 31.5 Å². The predicted molar refractivity (Wildman–Crippen MR) is 99.9 cm³/mol. The van der Waals surface area contributed by atoms with E-state index in [0.29, 0.717) is 30.7 Å². The molecule has 27 heavy (non-hydrogen) atoms. The molecule has 2 aromatic rings. The molecule has 0 aliphatic carbocycles. The molecule has 0 amide bonds. The smallest absolute Gasteiger partial charge is 0.322 e. The number of methoxy groups -OCH3 is 1. The number of halogens is 1. The van der Waals surface area contributed by atoms with Crippen LogP contribution >= 0.6 is 0 Å². The monoisotopic (exact) mass is 373 g/mol. The molecule has 1 saturated heterocycles. The van der Waals surface area contributed by atoms with Gasteiger partial charge in [-0.3, -0.25) is 0 Å². The van der Waals surface area contributed by atoms with E-state index in [9.17, 15) is 4.39 Å². The SMILES string of the molecule is COc1nc(N[C@H]2CCOc3c(F)cccc32)nc(N2CCCCCC2)n1. The van der Waals surface area contributed by atoms with Crippen molar-refractivity contribution in [2.24, 2.45) is 0 Å². The molecule has 0 unspecified atom stereocenters. The second-order valence-corrected chi connectivity index (χ2v) is 6.84. The molecule has 144 valence electrons. The molecular formula is C19H24FN5O2. The van der Waals surface area contributed by atoms with Crippen LogP contribution in [-0.2, 0) is 0 Å². The fraction of sp³-hybridized carbons (Fsp3) is 0.526. The number of rotatable bonds is 4. The van der Waals surface area contributed by atoms with E-state index < -0.39 is 0 Å². The number of aromatic nitrogens is 3. The van der Waals surface area contributed by atoms with E-state index >= 15 is 0 Å². The van der Waals surface area contributed by atoms with Gasteiger partial charge in [-0.2, -0.15) is 15.0 Å². The molecule has 4 rings (SSSR count). The summed E-state index contributed by atoms with van der Waals surface area (Å²) in [6, 6.07) is 5.11. The van der Waals surface area contributed by atoms with Crippen LogP contribution in [0.3, 0.4) is 0 Å². The van der Waals surface area contributed by atoms with Crippen molar-refractivity contribution in [3.8, 4) is 11.8 Å². The number of hydrogen-bond acceptors (Lipinski definition) is 7. The van der Waals surface area contributed by atoms with Crippen molar-refractivity contribution in [1.82, 2.24) is 15.0 Å². The normalized spacial score (nSPS) is 19.6. The van der Waals surface area contributed by atoms with Gasteiger partial charge in [0.25, 0.3) is 0 Å². The van der Waals surface area contributed by atoms with Gasteiger partial charge in [0, 0.05) is 25.1 Å². The summed E-state index contributed by atoms with van der Waals surface area (Å²) in [5.41, 5.74) is 0.775. The second kappa shape index (κ2) is 7.94. The lowest BCUT2D eigenvalue weighted by atomic mass is 10.0. The average Bonchev–Trinajstić information content (AvgIpc) is 2.98. The zero-order chi connectivity index (χ0) is 18.6. The quantitative estimate of drug-likeness (QED) is 0.881. The maximum atomic E-state index is 14.0. The average molecular weight is 373 g/mol. The van der Waals surface area contributed by atoms with Gasteiger partial charge >= 0.3 is 6.01 Å². The summed E-state index contributed by atoms with van der Waals surface area (Å²) in [7, 11) is 1.55. The first-order valence-electron chi connectivity index (χ1n) is 9.47. The second-order valence-electron chi connectivity index (χ2n) is 6.84. The number of ether oxygens (including phenoxy) is 2. The van der Waals surface area contributed by atoms with Gasteiger partial charge in [0.15, 0.2) is 11.6 Å². The number of nitrogens with zero attached hydrogens (tertiary/aromatic N) is 4. The number of fused-ring (bicyclic) bond motifs is 1. The van der Waals surface area contributed by atoms with Crippen molar-refractivity contribution in [1.29, 1.82) is 0 Å². The zero-order valence-corrected chi connectivity index (χ0v) is 15.4. The summed E-state index contributed by atoms with van der Waals surface area (Å²) in [4.78, 5) is 15.6. The van der Waals surface area contributed by atoms with Crippen LogP contribution in [0.15, 0.2) is 18.2 Å². The van der Waals surface area contributed by atoms with Gasteiger partial charge in [0.1, 0.15) is 0 Å². The number of para-hydroxylation sites is 1. The van der Waals surface area contributed by atoms with Crippen molar-refractivity contribution in [2.45, 2.75) is 38.1 Å². The molecule has 1 fully saturated rings. The van der Waals surface area contributed by atoms with Gasteiger partial charge in [-0.05, 0) is 18.9 Å². The standard InChI is InChI=1S/C19H24FN5O2/c1-26-19-23-17(22-18(24-19)25-10-4-2-3-5-11-25)21-15-9-12-27-16-13(15)7-6-8-14(16)20/h6-8,15H,2-5,9-12H2,1H3,(H,21,22,23,24)/t15-/m0/s1. The molecule has 0 saturated carbocycles. The van der Waals surface area contributed by atoms with Crippen LogP contribution in [0.1, 0.15) is 43.7 Å². The highest BCUT2D eigenvalue weighted by molar-refractivity contribution is 5.45. The number of nitrogens with one attached hydrogen (secondary N) is 1. The summed E-state index contributed by atoms with van der Waals surface area (Å²) < 4.78 is 24.8. The lowest BCUT2D eigenvalue weighted by Gasteiger charge is -2.27. The van der Waals surface area contributed by atoms with Crippen LogP contribution in [0, 0.1) is 5.82 Å². The third-order valence-corrected chi connectivity index (χ3v) is 5.00. The molecular weight excluding hydrogens is 349 g/mol. The molecule has 1 aromatic carbocycles. The minimum atomic E-state index is -0.350. The van der Waals surface area contributed by atoms with E-state index in [1.807, 2.05) is 6.07 Å². The van der Waals surface area contributed by atoms with E-state index in [1.165, 1.54) is 18.9 Å². The zero-order valence-electron chi connectivity index (χ0n) is 15.4. The molecule has 1 N–H and O–H groups in total.